The van der Waals surface area contributed by atoms with Crippen LogP contribution >= 0.6 is 0 Å². The highest BCUT2D eigenvalue weighted by Gasteiger charge is 2.31. The molecule has 1 aliphatic heterocycles. The molecule has 2 aromatic heterocycles. The molecule has 1 atom stereocenters. The molecule has 24 heavy (non-hydrogen) atoms. The molecular weight excluding hydrogens is 302 g/mol. The van der Waals surface area contributed by atoms with Gasteiger partial charge >= 0.3 is 0 Å². The average molecular weight is 327 g/mol. The monoisotopic (exact) mass is 327 g/mol. The highest BCUT2D eigenvalue weighted by Crippen LogP contribution is 2.33. The quantitative estimate of drug-likeness (QED) is 0.869. The SMILES string of the molecule is O=C(CC1CCCCC1)N1CCCC[C@@H]1c1ccnc2ncnn12. The summed E-state index contributed by atoms with van der Waals surface area (Å²) in [4.78, 5) is 23.5. The number of piperidine rings is 1. The molecule has 0 aromatic carbocycles. The van der Waals surface area contributed by atoms with E-state index in [0.717, 1.165) is 31.5 Å². The molecule has 4 rings (SSSR count). The Balaban J connectivity index is 1.56. The topological polar surface area (TPSA) is 63.4 Å². The summed E-state index contributed by atoms with van der Waals surface area (Å²) in [5.74, 6) is 1.51. The molecule has 0 spiro atoms. The Labute approximate surface area is 142 Å². The van der Waals surface area contributed by atoms with Crippen LogP contribution in [0.3, 0.4) is 0 Å². The summed E-state index contributed by atoms with van der Waals surface area (Å²) in [6.45, 7) is 0.856. The maximum Gasteiger partial charge on any atom is 0.252 e. The molecule has 2 fully saturated rings. The van der Waals surface area contributed by atoms with Crippen molar-refractivity contribution in [3.63, 3.8) is 0 Å². The molecule has 2 aliphatic rings. The van der Waals surface area contributed by atoms with E-state index in [2.05, 4.69) is 20.0 Å². The van der Waals surface area contributed by atoms with Crippen molar-refractivity contribution in [2.24, 2.45) is 5.92 Å². The van der Waals surface area contributed by atoms with Crippen LogP contribution < -0.4 is 0 Å². The first kappa shape index (κ1) is 15.5. The van der Waals surface area contributed by atoms with E-state index in [1.165, 1.54) is 38.4 Å². The van der Waals surface area contributed by atoms with Crippen molar-refractivity contribution in [3.8, 4) is 0 Å². The van der Waals surface area contributed by atoms with Gasteiger partial charge in [-0.15, -0.1) is 0 Å². The fraction of sp³-hybridized carbons (Fsp3) is 0.667. The van der Waals surface area contributed by atoms with Crippen LogP contribution in [-0.4, -0.2) is 36.9 Å². The molecule has 3 heterocycles. The molecule has 1 saturated heterocycles. The summed E-state index contributed by atoms with van der Waals surface area (Å²) < 4.78 is 1.79. The van der Waals surface area contributed by atoms with Crippen molar-refractivity contribution < 1.29 is 4.79 Å². The molecule has 2 aromatic rings. The van der Waals surface area contributed by atoms with Crippen molar-refractivity contribution in [1.82, 2.24) is 24.5 Å². The highest BCUT2D eigenvalue weighted by atomic mass is 16.2. The van der Waals surface area contributed by atoms with Gasteiger partial charge in [0, 0.05) is 19.2 Å². The number of likely N-dealkylation sites (tertiary alicyclic amines) is 1. The number of hydrogen-bond donors (Lipinski definition) is 0. The zero-order chi connectivity index (χ0) is 16.4. The molecule has 0 N–H and O–H groups in total. The Morgan fingerprint density at radius 3 is 2.79 bits per heavy atom. The smallest absolute Gasteiger partial charge is 0.252 e. The zero-order valence-electron chi connectivity index (χ0n) is 14.1. The molecule has 6 heteroatoms. The van der Waals surface area contributed by atoms with Gasteiger partial charge in [0.25, 0.3) is 5.78 Å². The van der Waals surface area contributed by atoms with E-state index in [9.17, 15) is 4.79 Å². The van der Waals surface area contributed by atoms with Gasteiger partial charge in [-0.3, -0.25) is 4.79 Å². The van der Waals surface area contributed by atoms with E-state index in [4.69, 9.17) is 0 Å². The second kappa shape index (κ2) is 6.87. The summed E-state index contributed by atoms with van der Waals surface area (Å²) in [6.07, 6.45) is 13.6. The highest BCUT2D eigenvalue weighted by molar-refractivity contribution is 5.77. The van der Waals surface area contributed by atoms with Crippen LogP contribution in [0.2, 0.25) is 0 Å². The van der Waals surface area contributed by atoms with E-state index in [-0.39, 0.29) is 6.04 Å². The fourth-order valence-electron chi connectivity index (χ4n) is 4.30. The molecule has 0 bridgehead atoms. The van der Waals surface area contributed by atoms with Crippen LogP contribution in [-0.2, 0) is 4.79 Å². The van der Waals surface area contributed by atoms with Crippen LogP contribution in [0.4, 0.5) is 0 Å². The summed E-state index contributed by atoms with van der Waals surface area (Å²) in [5.41, 5.74) is 1.04. The Kier molecular flexibility index (Phi) is 4.45. The summed E-state index contributed by atoms with van der Waals surface area (Å²) in [7, 11) is 0. The van der Waals surface area contributed by atoms with Crippen LogP contribution in [0.15, 0.2) is 18.6 Å². The Morgan fingerprint density at radius 1 is 1.08 bits per heavy atom. The molecule has 1 amide bonds. The number of rotatable bonds is 3. The van der Waals surface area contributed by atoms with Crippen LogP contribution in [0.5, 0.6) is 0 Å². The molecule has 6 nitrogen and oxygen atoms in total. The third kappa shape index (κ3) is 3.01. The first-order chi connectivity index (χ1) is 11.8. The lowest BCUT2D eigenvalue weighted by Gasteiger charge is -2.37. The average Bonchev–Trinajstić information content (AvgIpc) is 3.11. The first-order valence-corrected chi connectivity index (χ1v) is 9.27. The lowest BCUT2D eigenvalue weighted by molar-refractivity contribution is -0.136. The predicted octanol–water partition coefficient (Wildman–Crippen LogP) is 3.15. The Hall–Kier alpha value is -1.98. The van der Waals surface area contributed by atoms with Crippen LogP contribution in [0.1, 0.15) is 69.5 Å². The van der Waals surface area contributed by atoms with Crippen molar-refractivity contribution in [2.45, 2.75) is 63.8 Å². The van der Waals surface area contributed by atoms with Gasteiger partial charge in [-0.05, 0) is 44.1 Å². The largest absolute Gasteiger partial charge is 0.334 e. The first-order valence-electron chi connectivity index (χ1n) is 9.27. The maximum atomic E-state index is 13.0. The van der Waals surface area contributed by atoms with Gasteiger partial charge in [-0.2, -0.15) is 14.6 Å². The second-order valence-corrected chi connectivity index (χ2v) is 7.15. The van der Waals surface area contributed by atoms with E-state index in [1.807, 2.05) is 6.07 Å². The predicted molar refractivity (Wildman–Crippen MR) is 90.3 cm³/mol. The molecule has 1 saturated carbocycles. The van der Waals surface area contributed by atoms with Crippen LogP contribution in [0.25, 0.3) is 5.78 Å². The van der Waals surface area contributed by atoms with Crippen molar-refractivity contribution in [1.29, 1.82) is 0 Å². The number of carbonyl (C=O) groups excluding carboxylic acids is 1. The third-order valence-corrected chi connectivity index (χ3v) is 5.56. The van der Waals surface area contributed by atoms with E-state index in [1.54, 1.807) is 10.7 Å². The summed E-state index contributed by atoms with van der Waals surface area (Å²) in [5, 5.41) is 4.31. The van der Waals surface area contributed by atoms with Crippen molar-refractivity contribution in [3.05, 3.63) is 24.3 Å². The molecular formula is C18H25N5O. The number of aromatic nitrogens is 4. The third-order valence-electron chi connectivity index (χ3n) is 5.56. The van der Waals surface area contributed by atoms with Gasteiger partial charge in [-0.1, -0.05) is 19.3 Å². The summed E-state index contributed by atoms with van der Waals surface area (Å²) >= 11 is 0. The Bertz CT molecular complexity index is 706. The molecule has 1 aliphatic carbocycles. The number of hydrogen-bond acceptors (Lipinski definition) is 4. The van der Waals surface area contributed by atoms with E-state index < -0.39 is 0 Å². The lowest BCUT2D eigenvalue weighted by Crippen LogP contribution is -2.40. The lowest BCUT2D eigenvalue weighted by atomic mass is 9.86. The normalized spacial score (nSPS) is 22.8. The standard InChI is InChI=1S/C18H25N5O/c24-17(12-14-6-2-1-3-7-14)22-11-5-4-8-15(22)16-9-10-19-18-20-13-21-23(16)18/h9-10,13-15H,1-8,11-12H2/t15-/m1/s1. The number of amides is 1. The zero-order valence-corrected chi connectivity index (χ0v) is 14.1. The van der Waals surface area contributed by atoms with Crippen LogP contribution in [0, 0.1) is 5.92 Å². The molecule has 0 radical (unpaired) electrons. The van der Waals surface area contributed by atoms with Gasteiger partial charge in [-0.25, -0.2) is 4.98 Å². The van der Waals surface area contributed by atoms with Gasteiger partial charge in [0.05, 0.1) is 11.7 Å². The Morgan fingerprint density at radius 2 is 1.92 bits per heavy atom. The second-order valence-electron chi connectivity index (χ2n) is 7.15. The summed E-state index contributed by atoms with van der Waals surface area (Å²) in [6, 6.07) is 2.08. The van der Waals surface area contributed by atoms with Gasteiger partial charge in [0.2, 0.25) is 5.91 Å². The maximum absolute atomic E-state index is 13.0. The number of fused-ring (bicyclic) bond motifs is 1. The van der Waals surface area contributed by atoms with Gasteiger partial charge in [0.15, 0.2) is 0 Å². The minimum Gasteiger partial charge on any atom is -0.334 e. The van der Waals surface area contributed by atoms with Crippen molar-refractivity contribution >= 4 is 11.7 Å². The molecule has 0 unspecified atom stereocenters. The number of carbonyl (C=O) groups is 1. The van der Waals surface area contributed by atoms with E-state index >= 15 is 0 Å². The molecule has 128 valence electrons. The van der Waals surface area contributed by atoms with E-state index in [0.29, 0.717) is 24.0 Å². The minimum atomic E-state index is 0.0991. The van der Waals surface area contributed by atoms with Gasteiger partial charge < -0.3 is 4.90 Å². The van der Waals surface area contributed by atoms with Gasteiger partial charge in [0.1, 0.15) is 6.33 Å². The fourth-order valence-corrected chi connectivity index (χ4v) is 4.30. The van der Waals surface area contributed by atoms with Crippen molar-refractivity contribution in [2.75, 3.05) is 6.54 Å². The number of nitrogens with zero attached hydrogens (tertiary/aromatic N) is 5. The minimum absolute atomic E-state index is 0.0991.